The number of aliphatic hydroxyl groups is 1. The Labute approximate surface area is 83.8 Å². The van der Waals surface area contributed by atoms with Crippen molar-refractivity contribution in [2.45, 2.75) is 25.4 Å². The Morgan fingerprint density at radius 2 is 2.50 bits per heavy atom. The van der Waals surface area contributed by atoms with E-state index in [0.717, 1.165) is 18.4 Å². The molecule has 1 fully saturated rings. The lowest BCUT2D eigenvalue weighted by molar-refractivity contribution is -0.134. The molecule has 0 aromatic heterocycles. The topological polar surface area (TPSA) is 46.5 Å². The molecular weight excluding hydrogens is 180 g/mol. The minimum atomic E-state index is -0.523. The summed E-state index contributed by atoms with van der Waals surface area (Å²) in [6.45, 7) is 0. The second-order valence-corrected chi connectivity index (χ2v) is 3.35. The zero-order chi connectivity index (χ0) is 10.6. The van der Waals surface area contributed by atoms with Crippen LogP contribution in [0, 0.1) is 18.3 Å². The molecule has 14 heavy (non-hydrogen) atoms. The van der Waals surface area contributed by atoms with E-state index in [2.05, 4.69) is 10.7 Å². The molecular formula is C11H14O3. The SMILES string of the molecule is C#CC1/C(=C/C(=O)OC)CCCC1O. The van der Waals surface area contributed by atoms with Crippen molar-refractivity contribution in [1.82, 2.24) is 0 Å². The van der Waals surface area contributed by atoms with E-state index in [0.29, 0.717) is 6.42 Å². The maximum atomic E-state index is 11.0. The highest BCUT2D eigenvalue weighted by Crippen LogP contribution is 2.29. The molecule has 0 radical (unpaired) electrons. The number of carbonyl (C=O) groups is 1. The molecule has 0 saturated heterocycles. The molecule has 0 spiro atoms. The minimum Gasteiger partial charge on any atom is -0.466 e. The molecule has 1 N–H and O–H groups in total. The maximum absolute atomic E-state index is 11.0. The second kappa shape index (κ2) is 4.83. The van der Waals surface area contributed by atoms with Gasteiger partial charge < -0.3 is 9.84 Å². The summed E-state index contributed by atoms with van der Waals surface area (Å²) in [6.07, 6.45) is 8.50. The molecule has 2 unspecified atom stereocenters. The Bertz CT molecular complexity index is 285. The third-order valence-corrected chi connectivity index (χ3v) is 2.43. The van der Waals surface area contributed by atoms with Gasteiger partial charge in [0, 0.05) is 6.08 Å². The van der Waals surface area contributed by atoms with Gasteiger partial charge in [-0.1, -0.05) is 5.92 Å². The van der Waals surface area contributed by atoms with Crippen molar-refractivity contribution in [3.05, 3.63) is 11.6 Å². The van der Waals surface area contributed by atoms with Crippen LogP contribution in [0.25, 0.3) is 0 Å². The fraction of sp³-hybridized carbons (Fsp3) is 0.545. The van der Waals surface area contributed by atoms with Crippen LogP contribution in [-0.2, 0) is 9.53 Å². The van der Waals surface area contributed by atoms with Gasteiger partial charge in [0.05, 0.1) is 19.1 Å². The number of esters is 1. The fourth-order valence-electron chi connectivity index (χ4n) is 1.67. The Kier molecular flexibility index (Phi) is 3.73. The van der Waals surface area contributed by atoms with E-state index < -0.39 is 12.1 Å². The van der Waals surface area contributed by atoms with Gasteiger partial charge in [0.15, 0.2) is 0 Å². The van der Waals surface area contributed by atoms with E-state index in [1.165, 1.54) is 13.2 Å². The highest BCUT2D eigenvalue weighted by atomic mass is 16.5. The molecule has 3 nitrogen and oxygen atoms in total. The summed E-state index contributed by atoms with van der Waals surface area (Å²) < 4.78 is 4.52. The van der Waals surface area contributed by atoms with Crippen molar-refractivity contribution in [3.8, 4) is 12.3 Å². The van der Waals surface area contributed by atoms with Crippen LogP contribution in [0.3, 0.4) is 0 Å². The van der Waals surface area contributed by atoms with Crippen molar-refractivity contribution >= 4 is 5.97 Å². The lowest BCUT2D eigenvalue weighted by Gasteiger charge is -2.26. The van der Waals surface area contributed by atoms with Gasteiger partial charge in [-0.25, -0.2) is 4.79 Å². The predicted octanol–water partition coefficient (Wildman–Crippen LogP) is 0.880. The molecule has 0 aliphatic heterocycles. The average Bonchev–Trinajstić information content (AvgIpc) is 2.18. The molecule has 2 atom stereocenters. The summed E-state index contributed by atoms with van der Waals surface area (Å²) in [7, 11) is 1.32. The molecule has 0 bridgehead atoms. The quantitative estimate of drug-likeness (QED) is 0.383. The van der Waals surface area contributed by atoms with Crippen molar-refractivity contribution in [2.75, 3.05) is 7.11 Å². The summed E-state index contributed by atoms with van der Waals surface area (Å²) in [6, 6.07) is 0. The number of aliphatic hydroxyl groups excluding tert-OH is 1. The van der Waals surface area contributed by atoms with Gasteiger partial charge in [-0.2, -0.15) is 0 Å². The Balaban J connectivity index is 2.80. The summed E-state index contributed by atoms with van der Waals surface area (Å²) in [5.41, 5.74) is 0.804. The Morgan fingerprint density at radius 1 is 1.79 bits per heavy atom. The third kappa shape index (κ3) is 2.36. The van der Waals surface area contributed by atoms with Crippen LogP contribution in [-0.4, -0.2) is 24.3 Å². The van der Waals surface area contributed by atoms with E-state index in [1.807, 2.05) is 0 Å². The minimum absolute atomic E-state index is 0.331. The highest BCUT2D eigenvalue weighted by molar-refractivity contribution is 5.82. The normalized spacial score (nSPS) is 29.6. The third-order valence-electron chi connectivity index (χ3n) is 2.43. The second-order valence-electron chi connectivity index (χ2n) is 3.35. The number of hydrogen-bond donors (Lipinski definition) is 1. The Morgan fingerprint density at radius 3 is 3.07 bits per heavy atom. The first kappa shape index (κ1) is 10.8. The standard InChI is InChI=1S/C11H14O3/c1-3-9-8(7-11(13)14-2)5-4-6-10(9)12/h1,7,9-10,12H,4-6H2,2H3/b8-7+. The maximum Gasteiger partial charge on any atom is 0.330 e. The molecule has 1 rings (SSSR count). The first-order chi connectivity index (χ1) is 6.69. The van der Waals surface area contributed by atoms with Crippen LogP contribution in [0.5, 0.6) is 0 Å². The van der Waals surface area contributed by atoms with E-state index in [-0.39, 0.29) is 5.92 Å². The van der Waals surface area contributed by atoms with Crippen LogP contribution in [0.2, 0.25) is 0 Å². The van der Waals surface area contributed by atoms with Crippen molar-refractivity contribution in [1.29, 1.82) is 0 Å². The van der Waals surface area contributed by atoms with E-state index in [9.17, 15) is 9.90 Å². The van der Waals surface area contributed by atoms with Crippen molar-refractivity contribution < 1.29 is 14.6 Å². The number of methoxy groups -OCH3 is 1. The van der Waals surface area contributed by atoms with Gasteiger partial charge in [0.25, 0.3) is 0 Å². The molecule has 1 aliphatic carbocycles. The average molecular weight is 194 g/mol. The zero-order valence-corrected chi connectivity index (χ0v) is 8.19. The van der Waals surface area contributed by atoms with Gasteiger partial charge in [-0.15, -0.1) is 6.42 Å². The number of carbonyl (C=O) groups excluding carboxylic acids is 1. The van der Waals surface area contributed by atoms with Gasteiger partial charge in [-0.3, -0.25) is 0 Å². The predicted molar refractivity (Wildman–Crippen MR) is 52.3 cm³/mol. The fourth-order valence-corrected chi connectivity index (χ4v) is 1.67. The van der Waals surface area contributed by atoms with Crippen LogP contribution in [0.4, 0.5) is 0 Å². The van der Waals surface area contributed by atoms with Crippen LogP contribution in [0.1, 0.15) is 19.3 Å². The molecule has 0 aromatic rings. The van der Waals surface area contributed by atoms with E-state index in [1.54, 1.807) is 0 Å². The zero-order valence-electron chi connectivity index (χ0n) is 8.19. The number of ether oxygens (including phenoxy) is 1. The highest BCUT2D eigenvalue weighted by Gasteiger charge is 2.26. The smallest absolute Gasteiger partial charge is 0.330 e. The summed E-state index contributed by atoms with van der Waals surface area (Å²) >= 11 is 0. The van der Waals surface area contributed by atoms with E-state index >= 15 is 0 Å². The molecule has 76 valence electrons. The lowest BCUT2D eigenvalue weighted by atomic mass is 9.82. The van der Waals surface area contributed by atoms with Crippen molar-refractivity contribution in [3.63, 3.8) is 0 Å². The van der Waals surface area contributed by atoms with Crippen LogP contribution >= 0.6 is 0 Å². The number of hydrogen-bond acceptors (Lipinski definition) is 3. The first-order valence-corrected chi connectivity index (χ1v) is 4.61. The first-order valence-electron chi connectivity index (χ1n) is 4.61. The molecule has 1 aliphatic rings. The summed E-state index contributed by atoms with van der Waals surface area (Å²) in [5.74, 6) is 1.77. The summed E-state index contributed by atoms with van der Waals surface area (Å²) in [5, 5.41) is 9.59. The van der Waals surface area contributed by atoms with Gasteiger partial charge in [0.2, 0.25) is 0 Å². The lowest BCUT2D eigenvalue weighted by Crippen LogP contribution is -2.25. The van der Waals surface area contributed by atoms with Gasteiger partial charge in [-0.05, 0) is 24.8 Å². The largest absolute Gasteiger partial charge is 0.466 e. The molecule has 1 saturated carbocycles. The number of terminal acetylenes is 1. The van der Waals surface area contributed by atoms with Gasteiger partial charge in [0.1, 0.15) is 0 Å². The monoisotopic (exact) mass is 194 g/mol. The van der Waals surface area contributed by atoms with E-state index in [4.69, 9.17) is 6.42 Å². The molecule has 3 heteroatoms. The molecule has 0 aromatic carbocycles. The van der Waals surface area contributed by atoms with Crippen LogP contribution in [0.15, 0.2) is 11.6 Å². The Hall–Kier alpha value is -1.27. The molecule has 0 amide bonds. The van der Waals surface area contributed by atoms with Crippen molar-refractivity contribution in [2.24, 2.45) is 5.92 Å². The van der Waals surface area contributed by atoms with Gasteiger partial charge >= 0.3 is 5.97 Å². The molecule has 0 heterocycles. The summed E-state index contributed by atoms with van der Waals surface area (Å²) in [4.78, 5) is 11.0. The van der Waals surface area contributed by atoms with Crippen LogP contribution < -0.4 is 0 Å². The number of rotatable bonds is 1.